The van der Waals surface area contributed by atoms with Gasteiger partial charge in [0.2, 0.25) is 0 Å². The third-order valence-corrected chi connectivity index (χ3v) is 6.10. The number of benzene rings is 1. The maximum atomic E-state index is 10.3. The van der Waals surface area contributed by atoms with E-state index in [1.165, 1.54) is 11.8 Å². The highest BCUT2D eigenvalue weighted by molar-refractivity contribution is 7.99. The molecule has 0 spiro atoms. The van der Waals surface area contributed by atoms with Crippen molar-refractivity contribution >= 4 is 23.1 Å². The van der Waals surface area contributed by atoms with Crippen molar-refractivity contribution < 1.29 is 9.84 Å². The fraction of sp³-hybridized carbons (Fsp3) is 0.316. The van der Waals surface area contributed by atoms with Crippen LogP contribution in [0.4, 0.5) is 0 Å². The Morgan fingerprint density at radius 3 is 2.78 bits per heavy atom. The van der Waals surface area contributed by atoms with Gasteiger partial charge in [-0.25, -0.2) is 0 Å². The second-order valence-corrected chi connectivity index (χ2v) is 8.23. The number of aliphatic hydroxyl groups excluding tert-OH is 1. The number of thiophene rings is 1. The second kappa shape index (κ2) is 8.13. The van der Waals surface area contributed by atoms with Crippen molar-refractivity contribution in [3.8, 4) is 22.5 Å². The smallest absolute Gasteiger partial charge is 0.191 e. The number of aliphatic hydroxyl groups is 1. The van der Waals surface area contributed by atoms with Crippen LogP contribution in [0.25, 0.3) is 10.7 Å². The number of ether oxygens (including phenoxy) is 1. The monoisotopic (exact) mass is 398 g/mol. The molecule has 4 rings (SSSR count). The van der Waals surface area contributed by atoms with Crippen LogP contribution < -0.4 is 4.74 Å². The lowest BCUT2D eigenvalue weighted by Gasteiger charge is -2.13. The molecule has 0 amide bonds. The van der Waals surface area contributed by atoms with Crippen LogP contribution in [0.15, 0.2) is 46.9 Å². The molecule has 0 saturated heterocycles. The van der Waals surface area contributed by atoms with E-state index in [0.717, 1.165) is 28.7 Å². The first-order valence-electron chi connectivity index (χ1n) is 8.67. The van der Waals surface area contributed by atoms with E-state index in [-0.39, 0.29) is 6.61 Å². The van der Waals surface area contributed by atoms with Gasteiger partial charge in [0.15, 0.2) is 11.0 Å². The summed E-state index contributed by atoms with van der Waals surface area (Å²) in [5.74, 6) is 2.03. The number of aromatic nitrogens is 3. The second-order valence-electron chi connectivity index (χ2n) is 6.30. The number of hydrogen-bond acceptors (Lipinski definition) is 7. The number of hydrogen-bond donors (Lipinski definition) is 1. The summed E-state index contributed by atoms with van der Waals surface area (Å²) >= 11 is 3.16. The van der Waals surface area contributed by atoms with E-state index in [2.05, 4.69) is 26.9 Å². The minimum absolute atomic E-state index is 0.189. The van der Waals surface area contributed by atoms with E-state index in [1.54, 1.807) is 35.6 Å². The lowest BCUT2D eigenvalue weighted by molar-refractivity contribution is 0.126. The number of rotatable bonds is 8. The summed E-state index contributed by atoms with van der Waals surface area (Å²) in [6.07, 6.45) is 1.67. The lowest BCUT2D eigenvalue weighted by Crippen LogP contribution is -2.20. The highest BCUT2D eigenvalue weighted by atomic mass is 32.2. The average Bonchev–Trinajstić information content (AvgIpc) is 3.22. The normalized spacial score (nSPS) is 14.7. The van der Waals surface area contributed by atoms with Crippen molar-refractivity contribution in [3.63, 3.8) is 0 Å². The quantitative estimate of drug-likeness (QED) is 0.582. The van der Waals surface area contributed by atoms with Gasteiger partial charge in [-0.05, 0) is 48.6 Å². The van der Waals surface area contributed by atoms with Crippen molar-refractivity contribution in [3.05, 3.63) is 47.3 Å². The van der Waals surface area contributed by atoms with Crippen molar-refractivity contribution in [1.29, 1.82) is 5.26 Å². The third kappa shape index (κ3) is 4.33. The summed E-state index contributed by atoms with van der Waals surface area (Å²) in [6.45, 7) is 0.189. The molecule has 0 bridgehead atoms. The van der Waals surface area contributed by atoms with Gasteiger partial charge < -0.3 is 9.84 Å². The SMILES string of the molecule is N#Cc1ccc(OC[C@H](O)CSc2nnc(-c3cccs3)n2C2CC2)cc1. The molecule has 1 saturated carbocycles. The van der Waals surface area contributed by atoms with Crippen LogP contribution in [0.5, 0.6) is 5.75 Å². The van der Waals surface area contributed by atoms with Gasteiger partial charge in [-0.1, -0.05) is 17.8 Å². The van der Waals surface area contributed by atoms with Gasteiger partial charge in [-0.15, -0.1) is 21.5 Å². The standard InChI is InChI=1S/C19H18N4O2S2/c20-10-13-3-7-16(8-4-13)25-11-15(24)12-27-19-22-21-18(17-2-1-9-26-17)23(19)14-5-6-14/h1-4,7-9,14-15,24H,5-6,11-12H2/t15-/m0/s1. The minimum Gasteiger partial charge on any atom is -0.491 e. The highest BCUT2D eigenvalue weighted by Crippen LogP contribution is 2.41. The Morgan fingerprint density at radius 1 is 1.30 bits per heavy atom. The average molecular weight is 399 g/mol. The molecule has 1 N–H and O–H groups in total. The molecule has 1 aliphatic rings. The van der Waals surface area contributed by atoms with Gasteiger partial charge in [-0.2, -0.15) is 5.26 Å². The van der Waals surface area contributed by atoms with Crippen molar-refractivity contribution in [2.24, 2.45) is 0 Å². The van der Waals surface area contributed by atoms with Gasteiger partial charge in [0.1, 0.15) is 12.4 Å². The van der Waals surface area contributed by atoms with Crippen LogP contribution in [-0.2, 0) is 0 Å². The molecule has 1 aromatic carbocycles. The summed E-state index contributed by atoms with van der Waals surface area (Å²) in [6, 6.07) is 13.5. The first-order valence-corrected chi connectivity index (χ1v) is 10.5. The summed E-state index contributed by atoms with van der Waals surface area (Å²) in [4.78, 5) is 1.12. The fourth-order valence-corrected chi connectivity index (χ4v) is 4.26. The Labute approximate surface area is 165 Å². The maximum absolute atomic E-state index is 10.3. The molecule has 138 valence electrons. The molecule has 0 unspecified atom stereocenters. The van der Waals surface area contributed by atoms with Gasteiger partial charge in [-0.3, -0.25) is 4.57 Å². The van der Waals surface area contributed by atoms with E-state index < -0.39 is 6.10 Å². The van der Waals surface area contributed by atoms with Gasteiger partial charge in [0.05, 0.1) is 22.6 Å². The minimum atomic E-state index is -0.625. The molecule has 2 heterocycles. The van der Waals surface area contributed by atoms with Crippen LogP contribution in [0.2, 0.25) is 0 Å². The molecule has 27 heavy (non-hydrogen) atoms. The highest BCUT2D eigenvalue weighted by Gasteiger charge is 2.30. The van der Waals surface area contributed by atoms with E-state index in [4.69, 9.17) is 10.00 Å². The van der Waals surface area contributed by atoms with Crippen LogP contribution in [0, 0.1) is 11.3 Å². The molecule has 0 radical (unpaired) electrons. The molecular formula is C19H18N4O2S2. The van der Waals surface area contributed by atoms with E-state index in [0.29, 0.717) is 23.1 Å². The first-order chi connectivity index (χ1) is 13.2. The first kappa shape index (κ1) is 18.0. The zero-order valence-electron chi connectivity index (χ0n) is 14.5. The molecule has 0 aliphatic heterocycles. The van der Waals surface area contributed by atoms with Gasteiger partial charge in [0, 0.05) is 11.8 Å². The Balaban J connectivity index is 1.35. The Kier molecular flexibility index (Phi) is 5.43. The lowest BCUT2D eigenvalue weighted by atomic mass is 10.2. The Bertz CT molecular complexity index is 928. The Hall–Kier alpha value is -2.34. The zero-order valence-corrected chi connectivity index (χ0v) is 16.1. The number of nitriles is 1. The van der Waals surface area contributed by atoms with E-state index in [9.17, 15) is 5.11 Å². The Morgan fingerprint density at radius 2 is 2.11 bits per heavy atom. The molecule has 1 aliphatic carbocycles. The summed E-state index contributed by atoms with van der Waals surface area (Å²) in [5, 5.41) is 30.7. The molecule has 6 nitrogen and oxygen atoms in total. The number of thioether (sulfide) groups is 1. The molecule has 1 atom stereocenters. The summed E-state index contributed by atoms with van der Waals surface area (Å²) in [7, 11) is 0. The van der Waals surface area contributed by atoms with Gasteiger partial charge >= 0.3 is 0 Å². The van der Waals surface area contributed by atoms with E-state index >= 15 is 0 Å². The maximum Gasteiger partial charge on any atom is 0.191 e. The van der Waals surface area contributed by atoms with Crippen molar-refractivity contribution in [2.45, 2.75) is 30.1 Å². The largest absolute Gasteiger partial charge is 0.491 e. The van der Waals surface area contributed by atoms with Crippen LogP contribution in [0.3, 0.4) is 0 Å². The summed E-state index contributed by atoms with van der Waals surface area (Å²) in [5.41, 5.74) is 0.583. The predicted molar refractivity (Wildman–Crippen MR) is 105 cm³/mol. The summed E-state index contributed by atoms with van der Waals surface area (Å²) < 4.78 is 7.80. The predicted octanol–water partition coefficient (Wildman–Crippen LogP) is 3.75. The molecule has 2 aromatic heterocycles. The van der Waals surface area contributed by atoms with Crippen LogP contribution in [0.1, 0.15) is 24.4 Å². The third-order valence-electron chi connectivity index (χ3n) is 4.15. The van der Waals surface area contributed by atoms with Crippen molar-refractivity contribution in [2.75, 3.05) is 12.4 Å². The van der Waals surface area contributed by atoms with Crippen LogP contribution >= 0.6 is 23.1 Å². The van der Waals surface area contributed by atoms with Crippen LogP contribution in [-0.4, -0.2) is 38.3 Å². The number of nitrogens with zero attached hydrogens (tertiary/aromatic N) is 4. The zero-order chi connectivity index (χ0) is 18.6. The molecular weight excluding hydrogens is 380 g/mol. The van der Waals surface area contributed by atoms with Gasteiger partial charge in [0.25, 0.3) is 0 Å². The molecule has 3 aromatic rings. The fourth-order valence-electron chi connectivity index (χ4n) is 2.65. The van der Waals surface area contributed by atoms with E-state index in [1.807, 2.05) is 11.4 Å². The van der Waals surface area contributed by atoms with Crippen molar-refractivity contribution in [1.82, 2.24) is 14.8 Å². The molecule has 1 fully saturated rings. The topological polar surface area (TPSA) is 84.0 Å². The molecule has 8 heteroatoms.